The van der Waals surface area contributed by atoms with Crippen LogP contribution in [0, 0.1) is 11.3 Å². The highest BCUT2D eigenvalue weighted by Crippen LogP contribution is 2.24. The summed E-state index contributed by atoms with van der Waals surface area (Å²) in [5.74, 6) is 0.0561. The number of esters is 1. The van der Waals surface area contributed by atoms with E-state index in [0.717, 1.165) is 5.56 Å². The Bertz CT molecular complexity index is 904. The molecule has 1 amide bonds. The first-order valence-electron chi connectivity index (χ1n) is 9.24. The van der Waals surface area contributed by atoms with Crippen LogP contribution in [0.2, 0.25) is 0 Å². The molecule has 0 atom stereocenters. The van der Waals surface area contributed by atoms with Crippen molar-refractivity contribution in [3.63, 3.8) is 0 Å². The van der Waals surface area contributed by atoms with Crippen molar-refractivity contribution in [2.24, 2.45) is 0 Å². The van der Waals surface area contributed by atoms with Crippen LogP contribution in [0.15, 0.2) is 46.4 Å². The lowest BCUT2D eigenvalue weighted by atomic mass is 10.1. The Hall–Kier alpha value is -3.37. The summed E-state index contributed by atoms with van der Waals surface area (Å²) < 4.78 is 15.8. The smallest absolute Gasteiger partial charge is 0.337 e. The average molecular weight is 396 g/mol. The van der Waals surface area contributed by atoms with Gasteiger partial charge in [0.05, 0.1) is 18.8 Å². The number of nitrogens with one attached hydrogen (secondary N) is 1. The minimum Gasteiger partial charge on any atom is -0.465 e. The zero-order valence-electron chi connectivity index (χ0n) is 16.7. The molecule has 0 spiro atoms. The molecule has 2 rings (SSSR count). The summed E-state index contributed by atoms with van der Waals surface area (Å²) in [6, 6.07) is 12.0. The Balaban J connectivity index is 2.00. The maximum absolute atomic E-state index is 12.2. The molecule has 7 heteroatoms. The Kier molecular flexibility index (Phi) is 8.19. The lowest BCUT2D eigenvalue weighted by Crippen LogP contribution is -2.26. The Morgan fingerprint density at radius 2 is 1.93 bits per heavy atom. The number of hydrogen-bond donors (Lipinski definition) is 1. The van der Waals surface area contributed by atoms with Crippen molar-refractivity contribution >= 4 is 18.0 Å². The summed E-state index contributed by atoms with van der Waals surface area (Å²) in [7, 11) is 1.32. The molecule has 0 aliphatic rings. The molecule has 1 aromatic carbocycles. The van der Waals surface area contributed by atoms with E-state index in [1.807, 2.05) is 19.9 Å². The zero-order valence-corrected chi connectivity index (χ0v) is 16.7. The molecule has 1 heterocycles. The van der Waals surface area contributed by atoms with Crippen molar-refractivity contribution in [2.75, 3.05) is 20.3 Å². The van der Waals surface area contributed by atoms with Crippen molar-refractivity contribution in [3.8, 4) is 17.4 Å². The van der Waals surface area contributed by atoms with E-state index in [2.05, 4.69) is 10.1 Å². The van der Waals surface area contributed by atoms with Gasteiger partial charge in [0.1, 0.15) is 23.2 Å². The molecule has 0 saturated carbocycles. The molecular weight excluding hydrogens is 372 g/mol. The Morgan fingerprint density at radius 3 is 2.55 bits per heavy atom. The van der Waals surface area contributed by atoms with Crippen LogP contribution in [0.1, 0.15) is 36.4 Å². The van der Waals surface area contributed by atoms with Crippen molar-refractivity contribution < 1.29 is 23.5 Å². The largest absolute Gasteiger partial charge is 0.465 e. The fourth-order valence-electron chi connectivity index (χ4n) is 2.45. The van der Waals surface area contributed by atoms with Crippen LogP contribution in [-0.2, 0) is 14.3 Å². The lowest BCUT2D eigenvalue weighted by Gasteiger charge is -2.07. The van der Waals surface area contributed by atoms with Gasteiger partial charge < -0.3 is 19.2 Å². The SMILES string of the molecule is COC(=O)c1ccc(-c2ccc(/C=C(/C#N)C(=O)NCCCOC(C)C)o2)cc1. The molecule has 0 aliphatic heterocycles. The Labute approximate surface area is 169 Å². The number of methoxy groups -OCH3 is 1. The number of nitriles is 1. The third-order valence-corrected chi connectivity index (χ3v) is 3.93. The molecule has 0 bridgehead atoms. The maximum atomic E-state index is 12.2. The van der Waals surface area contributed by atoms with Gasteiger partial charge in [-0.25, -0.2) is 4.79 Å². The monoisotopic (exact) mass is 396 g/mol. The van der Waals surface area contributed by atoms with Crippen molar-refractivity contribution in [1.82, 2.24) is 5.32 Å². The van der Waals surface area contributed by atoms with Gasteiger partial charge in [-0.1, -0.05) is 12.1 Å². The van der Waals surface area contributed by atoms with Gasteiger partial charge >= 0.3 is 5.97 Å². The first kappa shape index (κ1) is 21.9. The molecule has 0 aliphatic carbocycles. The standard InChI is InChI=1S/C22H24N2O5/c1-15(2)28-12-4-11-24-21(25)18(14-23)13-19-9-10-20(29-19)16-5-7-17(8-6-16)22(26)27-3/h5-10,13,15H,4,11-12H2,1-3H3,(H,24,25)/b18-13-. The van der Waals surface area contributed by atoms with E-state index in [0.29, 0.717) is 36.7 Å². The van der Waals surface area contributed by atoms with Crippen molar-refractivity contribution in [1.29, 1.82) is 5.26 Å². The number of carbonyl (C=O) groups excluding carboxylic acids is 2. The maximum Gasteiger partial charge on any atom is 0.337 e. The normalized spacial score (nSPS) is 11.2. The fourth-order valence-corrected chi connectivity index (χ4v) is 2.45. The van der Waals surface area contributed by atoms with Gasteiger partial charge in [0, 0.05) is 24.8 Å². The highest BCUT2D eigenvalue weighted by Gasteiger charge is 2.11. The number of hydrogen-bond acceptors (Lipinski definition) is 6. The number of rotatable bonds is 9. The predicted molar refractivity (Wildman–Crippen MR) is 108 cm³/mol. The summed E-state index contributed by atoms with van der Waals surface area (Å²) in [5, 5.41) is 12.0. The topological polar surface area (TPSA) is 102 Å². The average Bonchev–Trinajstić information content (AvgIpc) is 3.19. The molecule has 29 heavy (non-hydrogen) atoms. The molecule has 0 unspecified atom stereocenters. The van der Waals surface area contributed by atoms with Crippen LogP contribution in [0.4, 0.5) is 0 Å². The van der Waals surface area contributed by atoms with E-state index >= 15 is 0 Å². The number of amides is 1. The summed E-state index contributed by atoms with van der Waals surface area (Å²) in [4.78, 5) is 23.6. The number of nitrogens with zero attached hydrogens (tertiary/aromatic N) is 1. The van der Waals surface area contributed by atoms with Gasteiger partial charge in [-0.3, -0.25) is 4.79 Å². The van der Waals surface area contributed by atoms with E-state index in [4.69, 9.17) is 9.15 Å². The summed E-state index contributed by atoms with van der Waals surface area (Å²) >= 11 is 0. The third kappa shape index (κ3) is 6.63. The molecular formula is C22H24N2O5. The number of furan rings is 1. The molecule has 152 valence electrons. The predicted octanol–water partition coefficient (Wildman–Crippen LogP) is 3.57. The van der Waals surface area contributed by atoms with Gasteiger partial charge in [0.25, 0.3) is 5.91 Å². The van der Waals surface area contributed by atoms with E-state index in [1.54, 1.807) is 36.4 Å². The summed E-state index contributed by atoms with van der Waals surface area (Å²) in [6.07, 6.45) is 2.20. The first-order chi connectivity index (χ1) is 13.9. The third-order valence-electron chi connectivity index (χ3n) is 3.93. The second-order valence-electron chi connectivity index (χ2n) is 6.47. The van der Waals surface area contributed by atoms with Crippen LogP contribution in [0.3, 0.4) is 0 Å². The fraction of sp³-hybridized carbons (Fsp3) is 0.318. The molecule has 0 radical (unpaired) electrons. The zero-order chi connectivity index (χ0) is 21.2. The van der Waals surface area contributed by atoms with Gasteiger partial charge in [0.15, 0.2) is 0 Å². The van der Waals surface area contributed by atoms with E-state index in [9.17, 15) is 14.9 Å². The number of carbonyl (C=O) groups is 2. The second kappa shape index (κ2) is 10.8. The van der Waals surface area contributed by atoms with Gasteiger partial charge in [-0.15, -0.1) is 0 Å². The second-order valence-corrected chi connectivity index (χ2v) is 6.47. The summed E-state index contributed by atoms with van der Waals surface area (Å²) in [5.41, 5.74) is 1.15. The van der Waals surface area contributed by atoms with E-state index < -0.39 is 11.9 Å². The highest BCUT2D eigenvalue weighted by atomic mass is 16.5. The molecule has 7 nitrogen and oxygen atoms in total. The molecule has 1 aromatic heterocycles. The van der Waals surface area contributed by atoms with Crippen molar-refractivity contribution in [3.05, 3.63) is 53.3 Å². The van der Waals surface area contributed by atoms with Gasteiger partial charge in [0.2, 0.25) is 0 Å². The molecule has 0 fully saturated rings. The van der Waals surface area contributed by atoms with Crippen LogP contribution in [0.5, 0.6) is 0 Å². The molecule has 1 N–H and O–H groups in total. The van der Waals surface area contributed by atoms with Crippen LogP contribution >= 0.6 is 0 Å². The minimum atomic E-state index is -0.461. The first-order valence-corrected chi connectivity index (χ1v) is 9.24. The Morgan fingerprint density at radius 1 is 1.21 bits per heavy atom. The highest BCUT2D eigenvalue weighted by molar-refractivity contribution is 6.01. The van der Waals surface area contributed by atoms with Crippen LogP contribution in [-0.4, -0.2) is 38.2 Å². The van der Waals surface area contributed by atoms with E-state index in [1.165, 1.54) is 13.2 Å². The van der Waals surface area contributed by atoms with E-state index in [-0.39, 0.29) is 11.7 Å². The molecule has 0 saturated heterocycles. The minimum absolute atomic E-state index is 0.0447. The quantitative estimate of drug-likeness (QED) is 0.301. The molecule has 2 aromatic rings. The van der Waals surface area contributed by atoms with Crippen LogP contribution in [0.25, 0.3) is 17.4 Å². The van der Waals surface area contributed by atoms with Crippen molar-refractivity contribution in [2.45, 2.75) is 26.4 Å². The lowest BCUT2D eigenvalue weighted by molar-refractivity contribution is -0.117. The summed E-state index contributed by atoms with van der Waals surface area (Å²) in [6.45, 7) is 4.85. The number of ether oxygens (including phenoxy) is 2. The van der Waals surface area contributed by atoms with Gasteiger partial charge in [-0.05, 0) is 44.5 Å². The van der Waals surface area contributed by atoms with Gasteiger partial charge in [-0.2, -0.15) is 5.26 Å². The number of benzene rings is 1. The van der Waals surface area contributed by atoms with Crippen LogP contribution < -0.4 is 5.32 Å².